The summed E-state index contributed by atoms with van der Waals surface area (Å²) in [5.41, 5.74) is 3.20. The number of aryl methyl sites for hydroxylation is 1. The van der Waals surface area contributed by atoms with E-state index in [9.17, 15) is 8.42 Å². The van der Waals surface area contributed by atoms with Gasteiger partial charge >= 0.3 is 0 Å². The number of primary sulfonamides is 1. The van der Waals surface area contributed by atoms with Crippen molar-refractivity contribution in [3.05, 3.63) is 42.1 Å². The van der Waals surface area contributed by atoms with Gasteiger partial charge in [-0.05, 0) is 31.2 Å². The van der Waals surface area contributed by atoms with Gasteiger partial charge in [0.1, 0.15) is 4.21 Å². The van der Waals surface area contributed by atoms with Gasteiger partial charge in [0.05, 0.1) is 0 Å². The Kier molecular flexibility index (Phi) is 2.74. The van der Waals surface area contributed by atoms with Gasteiger partial charge in [0.15, 0.2) is 0 Å². The lowest BCUT2D eigenvalue weighted by atomic mass is 10.1. The quantitative estimate of drug-likeness (QED) is 0.762. The van der Waals surface area contributed by atoms with E-state index in [2.05, 4.69) is 11.1 Å². The Morgan fingerprint density at radius 2 is 2.00 bits per heavy atom. The van der Waals surface area contributed by atoms with E-state index < -0.39 is 10.0 Å². The van der Waals surface area contributed by atoms with Crippen molar-refractivity contribution in [2.24, 2.45) is 5.14 Å². The van der Waals surface area contributed by atoms with Crippen LogP contribution in [-0.4, -0.2) is 13.4 Å². The Hall–Kier alpha value is -1.63. The molecule has 0 saturated carbocycles. The van der Waals surface area contributed by atoms with E-state index in [1.54, 1.807) is 12.1 Å². The predicted octanol–water partition coefficient (Wildman–Crippen LogP) is 2.85. The average molecular weight is 292 g/mol. The van der Waals surface area contributed by atoms with Gasteiger partial charge in [-0.1, -0.05) is 11.6 Å². The molecule has 2 aromatic heterocycles. The summed E-state index contributed by atoms with van der Waals surface area (Å²) in [5, 5.41) is 6.22. The standard InChI is InChI=1S/C13H12N2O2S2/c1-8-2-3-11-9(6-8)10(7-15-11)12-4-5-13(18-12)19(14,16)17/h2-7,15H,1H3,(H2,14,16,17). The topological polar surface area (TPSA) is 76.0 Å². The van der Waals surface area contributed by atoms with E-state index in [4.69, 9.17) is 5.14 Å². The lowest BCUT2D eigenvalue weighted by Crippen LogP contribution is -2.09. The van der Waals surface area contributed by atoms with Crippen LogP contribution < -0.4 is 5.14 Å². The average Bonchev–Trinajstić information content (AvgIpc) is 2.92. The van der Waals surface area contributed by atoms with Crippen LogP contribution in [0.4, 0.5) is 0 Å². The number of rotatable bonds is 2. The van der Waals surface area contributed by atoms with E-state index in [0.29, 0.717) is 0 Å². The molecule has 4 nitrogen and oxygen atoms in total. The molecule has 0 aliphatic carbocycles. The maximum absolute atomic E-state index is 11.3. The van der Waals surface area contributed by atoms with E-state index in [-0.39, 0.29) is 4.21 Å². The molecule has 0 bridgehead atoms. The normalized spacial score (nSPS) is 12.1. The van der Waals surface area contributed by atoms with Gasteiger partial charge in [-0.3, -0.25) is 0 Å². The Labute approximate surface area is 114 Å². The zero-order valence-corrected chi connectivity index (χ0v) is 11.8. The minimum Gasteiger partial charge on any atom is -0.361 e. The summed E-state index contributed by atoms with van der Waals surface area (Å²) in [5.74, 6) is 0. The molecule has 0 aliphatic rings. The Morgan fingerprint density at radius 3 is 2.68 bits per heavy atom. The van der Waals surface area contributed by atoms with Crippen LogP contribution in [0.1, 0.15) is 5.56 Å². The highest BCUT2D eigenvalue weighted by Gasteiger charge is 2.14. The molecule has 3 rings (SSSR count). The third-order valence-electron chi connectivity index (χ3n) is 2.96. The number of nitrogens with two attached hydrogens (primary N) is 1. The summed E-state index contributed by atoms with van der Waals surface area (Å²) in [6, 6.07) is 9.46. The van der Waals surface area contributed by atoms with Crippen molar-refractivity contribution in [2.75, 3.05) is 0 Å². The zero-order chi connectivity index (χ0) is 13.6. The van der Waals surface area contributed by atoms with E-state index in [1.807, 2.05) is 25.3 Å². The Morgan fingerprint density at radius 1 is 1.21 bits per heavy atom. The van der Waals surface area contributed by atoms with Gasteiger partial charge < -0.3 is 4.98 Å². The SMILES string of the molecule is Cc1ccc2[nH]cc(-c3ccc(S(N)(=O)=O)s3)c2c1. The zero-order valence-electron chi connectivity index (χ0n) is 10.2. The summed E-state index contributed by atoms with van der Waals surface area (Å²) < 4.78 is 22.8. The van der Waals surface area contributed by atoms with Crippen LogP contribution in [0.5, 0.6) is 0 Å². The maximum atomic E-state index is 11.3. The van der Waals surface area contributed by atoms with Gasteiger partial charge in [0.2, 0.25) is 10.0 Å². The van der Waals surface area contributed by atoms with Gasteiger partial charge in [0.25, 0.3) is 0 Å². The van der Waals surface area contributed by atoms with Crippen LogP contribution in [0.25, 0.3) is 21.3 Å². The summed E-state index contributed by atoms with van der Waals surface area (Å²) in [6.45, 7) is 2.03. The smallest absolute Gasteiger partial charge is 0.247 e. The van der Waals surface area contributed by atoms with E-state index >= 15 is 0 Å². The molecule has 19 heavy (non-hydrogen) atoms. The molecule has 3 N–H and O–H groups in total. The number of benzene rings is 1. The minimum atomic E-state index is -3.63. The molecular formula is C13H12N2O2S2. The molecular weight excluding hydrogens is 280 g/mol. The first-order valence-electron chi connectivity index (χ1n) is 5.66. The molecule has 0 radical (unpaired) electrons. The van der Waals surface area contributed by atoms with Crippen LogP contribution in [0.3, 0.4) is 0 Å². The molecule has 6 heteroatoms. The van der Waals surface area contributed by atoms with Gasteiger partial charge in [-0.25, -0.2) is 13.6 Å². The summed E-state index contributed by atoms with van der Waals surface area (Å²) in [4.78, 5) is 4.08. The molecule has 2 heterocycles. The molecule has 1 aromatic carbocycles. The molecule has 98 valence electrons. The van der Waals surface area contributed by atoms with Gasteiger partial charge in [0, 0.05) is 27.5 Å². The fourth-order valence-corrected chi connectivity index (χ4v) is 3.82. The second-order valence-electron chi connectivity index (χ2n) is 4.42. The first-order chi connectivity index (χ1) is 8.95. The highest BCUT2D eigenvalue weighted by molar-refractivity contribution is 7.91. The van der Waals surface area contributed by atoms with E-state index in [0.717, 1.165) is 26.9 Å². The molecule has 0 fully saturated rings. The van der Waals surface area contributed by atoms with Crippen molar-refractivity contribution in [3.63, 3.8) is 0 Å². The largest absolute Gasteiger partial charge is 0.361 e. The van der Waals surface area contributed by atoms with Crippen molar-refractivity contribution in [1.29, 1.82) is 0 Å². The van der Waals surface area contributed by atoms with Crippen molar-refractivity contribution in [2.45, 2.75) is 11.1 Å². The minimum absolute atomic E-state index is 0.185. The summed E-state index contributed by atoms with van der Waals surface area (Å²) in [6.07, 6.45) is 1.89. The van der Waals surface area contributed by atoms with Crippen molar-refractivity contribution < 1.29 is 8.42 Å². The second-order valence-corrected chi connectivity index (χ2v) is 7.29. The van der Waals surface area contributed by atoms with Crippen molar-refractivity contribution in [3.8, 4) is 10.4 Å². The first-order valence-corrected chi connectivity index (χ1v) is 8.02. The lowest BCUT2D eigenvalue weighted by Gasteiger charge is -1.97. The molecule has 0 aliphatic heterocycles. The number of aromatic nitrogens is 1. The highest BCUT2D eigenvalue weighted by atomic mass is 32.2. The second kappa shape index (κ2) is 4.19. The first kappa shape index (κ1) is 12.4. The molecule has 0 saturated heterocycles. The predicted molar refractivity (Wildman–Crippen MR) is 77.7 cm³/mol. The fraction of sp³-hybridized carbons (Fsp3) is 0.0769. The number of aromatic amines is 1. The van der Waals surface area contributed by atoms with Crippen LogP contribution >= 0.6 is 11.3 Å². The monoisotopic (exact) mass is 292 g/mol. The van der Waals surface area contributed by atoms with Crippen molar-refractivity contribution in [1.82, 2.24) is 4.98 Å². The highest BCUT2D eigenvalue weighted by Crippen LogP contribution is 2.35. The molecule has 0 unspecified atom stereocenters. The maximum Gasteiger partial charge on any atom is 0.247 e. The number of H-pyrrole nitrogens is 1. The van der Waals surface area contributed by atoms with Crippen LogP contribution in [0, 0.1) is 6.92 Å². The van der Waals surface area contributed by atoms with E-state index in [1.165, 1.54) is 11.3 Å². The Balaban J connectivity index is 2.19. The van der Waals surface area contributed by atoms with Gasteiger partial charge in [-0.2, -0.15) is 0 Å². The van der Waals surface area contributed by atoms with Crippen LogP contribution in [0.2, 0.25) is 0 Å². The molecule has 3 aromatic rings. The number of nitrogens with one attached hydrogen (secondary N) is 1. The van der Waals surface area contributed by atoms with Crippen molar-refractivity contribution >= 4 is 32.3 Å². The number of sulfonamides is 1. The molecule has 0 amide bonds. The molecule has 0 atom stereocenters. The fourth-order valence-electron chi connectivity index (χ4n) is 2.06. The van der Waals surface area contributed by atoms with Crippen LogP contribution in [-0.2, 0) is 10.0 Å². The number of fused-ring (bicyclic) bond motifs is 1. The third kappa shape index (κ3) is 2.18. The lowest BCUT2D eigenvalue weighted by molar-refractivity contribution is 0.600. The number of hydrogen-bond acceptors (Lipinski definition) is 3. The summed E-state index contributed by atoms with van der Waals surface area (Å²) >= 11 is 1.19. The van der Waals surface area contributed by atoms with Gasteiger partial charge in [-0.15, -0.1) is 11.3 Å². The third-order valence-corrected chi connectivity index (χ3v) is 5.52. The van der Waals surface area contributed by atoms with Crippen LogP contribution in [0.15, 0.2) is 40.7 Å². The number of hydrogen-bond donors (Lipinski definition) is 2. The molecule has 0 spiro atoms. The summed E-state index contributed by atoms with van der Waals surface area (Å²) in [7, 11) is -3.63. The Bertz CT molecular complexity index is 860. The number of thiophene rings is 1.